The Labute approximate surface area is 224 Å². The number of fused-ring (bicyclic) bond motifs is 1. The molecule has 2 aliphatic rings. The lowest BCUT2D eigenvalue weighted by Gasteiger charge is -2.12. The number of nitrogens with zero attached hydrogens (tertiary/aromatic N) is 2. The van der Waals surface area contributed by atoms with Crippen molar-refractivity contribution < 1.29 is 26.7 Å². The molecule has 0 unspecified atom stereocenters. The van der Waals surface area contributed by atoms with E-state index in [9.17, 15) is 22.0 Å². The number of ether oxygens (including phenoxy) is 1. The molecular formula is C27H29F2N3O4S2. The molecule has 11 heteroatoms. The Morgan fingerprint density at radius 1 is 1.11 bits per heavy atom. The van der Waals surface area contributed by atoms with Gasteiger partial charge >= 0.3 is 0 Å². The number of hydrogen-bond donors (Lipinski definition) is 1. The molecule has 7 nitrogen and oxygen atoms in total. The maximum atomic E-state index is 13.9. The fourth-order valence-electron chi connectivity index (χ4n) is 4.46. The van der Waals surface area contributed by atoms with Gasteiger partial charge in [-0.05, 0) is 61.8 Å². The third kappa shape index (κ3) is 5.88. The van der Waals surface area contributed by atoms with Gasteiger partial charge in [0, 0.05) is 11.6 Å². The van der Waals surface area contributed by atoms with Crippen molar-refractivity contribution in [3.05, 3.63) is 48.0 Å². The fourth-order valence-corrected chi connectivity index (χ4v) is 6.94. The highest BCUT2D eigenvalue weighted by Gasteiger charge is 2.37. The highest BCUT2D eigenvalue weighted by molar-refractivity contribution is 7.92. The number of allylic oxidation sites excluding steroid dienone is 1. The fraction of sp³-hybridized carbons (Fsp3) is 0.444. The number of thiazole rings is 1. The molecule has 202 valence electrons. The Morgan fingerprint density at radius 2 is 1.82 bits per heavy atom. The Balaban J connectivity index is 1.39. The van der Waals surface area contributed by atoms with Crippen LogP contribution in [0.5, 0.6) is 5.88 Å². The summed E-state index contributed by atoms with van der Waals surface area (Å²) >= 11 is 1.19. The summed E-state index contributed by atoms with van der Waals surface area (Å²) in [5.41, 5.74) is 1.27. The molecule has 1 N–H and O–H groups in total. The first-order valence-electron chi connectivity index (χ1n) is 12.8. The van der Waals surface area contributed by atoms with Crippen molar-refractivity contribution in [1.29, 1.82) is 0 Å². The van der Waals surface area contributed by atoms with Crippen molar-refractivity contribution >= 4 is 48.1 Å². The molecule has 0 saturated heterocycles. The number of halogens is 2. The van der Waals surface area contributed by atoms with Crippen LogP contribution in [0.1, 0.15) is 51.0 Å². The zero-order valence-electron chi connectivity index (χ0n) is 20.9. The van der Waals surface area contributed by atoms with Gasteiger partial charge in [0.15, 0.2) is 15.0 Å². The lowest BCUT2D eigenvalue weighted by molar-refractivity contribution is -0.111. The lowest BCUT2D eigenvalue weighted by Crippen LogP contribution is -2.15. The molecule has 1 aromatic carbocycles. The van der Waals surface area contributed by atoms with E-state index < -0.39 is 34.0 Å². The van der Waals surface area contributed by atoms with Gasteiger partial charge in [-0.2, -0.15) is 0 Å². The van der Waals surface area contributed by atoms with E-state index >= 15 is 0 Å². The summed E-state index contributed by atoms with van der Waals surface area (Å²) in [7, 11) is -3.38. The van der Waals surface area contributed by atoms with Gasteiger partial charge in [-0.3, -0.25) is 10.1 Å². The number of anilines is 1. The Bertz CT molecular complexity index is 1440. The Morgan fingerprint density at radius 3 is 2.47 bits per heavy atom. The summed E-state index contributed by atoms with van der Waals surface area (Å²) in [5.74, 6) is -0.480. The Hall–Kier alpha value is -2.92. The minimum Gasteiger partial charge on any atom is -0.478 e. The predicted octanol–water partition coefficient (Wildman–Crippen LogP) is 5.91. The summed E-state index contributed by atoms with van der Waals surface area (Å²) in [4.78, 5) is 23.1. The van der Waals surface area contributed by atoms with Crippen molar-refractivity contribution in [3.63, 3.8) is 0 Å². The SMILES string of the molecule is CCCCOc1ccc2nc(NC(=O)/C(=C/[C@H]3C[C@@H](F)[C@@H](F)C3)c3ccc(S(=O)(=O)C4CC4)cc3)sc2n1. The molecule has 2 aromatic heterocycles. The summed E-state index contributed by atoms with van der Waals surface area (Å²) in [6.45, 7) is 2.64. The molecule has 38 heavy (non-hydrogen) atoms. The molecule has 2 fully saturated rings. The Kier molecular flexibility index (Phi) is 7.76. The first kappa shape index (κ1) is 26.7. The van der Waals surface area contributed by atoms with Crippen LogP contribution in [0.3, 0.4) is 0 Å². The van der Waals surface area contributed by atoms with Gasteiger partial charge in [0.05, 0.1) is 16.8 Å². The molecule has 0 aliphatic heterocycles. The molecule has 2 saturated carbocycles. The quantitative estimate of drug-likeness (QED) is 0.244. The second-order valence-electron chi connectivity index (χ2n) is 9.76. The first-order valence-corrected chi connectivity index (χ1v) is 15.2. The van der Waals surface area contributed by atoms with Gasteiger partial charge in [-0.1, -0.05) is 42.9 Å². The second kappa shape index (κ2) is 11.1. The zero-order valence-corrected chi connectivity index (χ0v) is 22.5. The van der Waals surface area contributed by atoms with Crippen molar-refractivity contribution in [2.24, 2.45) is 5.92 Å². The van der Waals surface area contributed by atoms with Gasteiger partial charge < -0.3 is 4.74 Å². The van der Waals surface area contributed by atoms with Gasteiger partial charge in [-0.15, -0.1) is 0 Å². The number of sulfone groups is 1. The van der Waals surface area contributed by atoms with Crippen LogP contribution < -0.4 is 10.1 Å². The van der Waals surface area contributed by atoms with E-state index in [1.807, 2.05) is 0 Å². The van der Waals surface area contributed by atoms with Gasteiger partial charge in [0.25, 0.3) is 5.91 Å². The van der Waals surface area contributed by atoms with Gasteiger partial charge in [-0.25, -0.2) is 27.2 Å². The van der Waals surface area contributed by atoms with Crippen LogP contribution in [-0.4, -0.2) is 48.5 Å². The molecule has 2 aliphatic carbocycles. The van der Waals surface area contributed by atoms with Crippen LogP contribution in [0.15, 0.2) is 47.4 Å². The van der Waals surface area contributed by atoms with Crippen molar-refractivity contribution in [2.45, 2.75) is 67.9 Å². The average molecular weight is 562 g/mol. The largest absolute Gasteiger partial charge is 0.478 e. The number of nitrogens with one attached hydrogen (secondary N) is 1. The number of hydrogen-bond acceptors (Lipinski definition) is 7. The summed E-state index contributed by atoms with van der Waals surface area (Å²) in [5, 5.41) is 2.76. The molecule has 0 radical (unpaired) electrons. The molecule has 0 bridgehead atoms. The molecule has 5 rings (SSSR count). The number of benzene rings is 1. The third-order valence-corrected chi connectivity index (χ3v) is 9.91. The normalized spacial score (nSPS) is 22.1. The van der Waals surface area contributed by atoms with Gasteiger partial charge in [0.2, 0.25) is 5.88 Å². The molecular weight excluding hydrogens is 532 g/mol. The molecule has 3 aromatic rings. The van der Waals surface area contributed by atoms with Crippen LogP contribution in [0.4, 0.5) is 13.9 Å². The smallest absolute Gasteiger partial charge is 0.257 e. The van der Waals surface area contributed by atoms with Crippen molar-refractivity contribution in [1.82, 2.24) is 9.97 Å². The number of carbonyl (C=O) groups is 1. The highest BCUT2D eigenvalue weighted by Crippen LogP contribution is 2.36. The number of rotatable bonds is 10. The van der Waals surface area contributed by atoms with Gasteiger partial charge in [0.1, 0.15) is 22.7 Å². The van der Waals surface area contributed by atoms with E-state index in [1.165, 1.54) is 23.5 Å². The van der Waals surface area contributed by atoms with E-state index in [1.54, 1.807) is 30.3 Å². The maximum Gasteiger partial charge on any atom is 0.257 e. The van der Waals surface area contributed by atoms with E-state index in [4.69, 9.17) is 4.74 Å². The van der Waals surface area contributed by atoms with Crippen LogP contribution >= 0.6 is 11.3 Å². The minimum atomic E-state index is -3.38. The van der Waals surface area contributed by atoms with Crippen LogP contribution in [0.2, 0.25) is 0 Å². The number of unbranched alkanes of at least 4 members (excludes halogenated alkanes) is 1. The molecule has 1 amide bonds. The number of pyridine rings is 1. The van der Waals surface area contributed by atoms with E-state index in [0.29, 0.717) is 46.4 Å². The maximum absolute atomic E-state index is 13.9. The number of alkyl halides is 2. The molecule has 0 spiro atoms. The van der Waals surface area contributed by atoms with Crippen LogP contribution in [0, 0.1) is 5.92 Å². The number of amides is 1. The first-order chi connectivity index (χ1) is 18.2. The number of aromatic nitrogens is 2. The van der Waals surface area contributed by atoms with E-state index in [2.05, 4.69) is 22.2 Å². The summed E-state index contributed by atoms with van der Waals surface area (Å²) in [6.07, 6.45) is 1.63. The predicted molar refractivity (Wildman–Crippen MR) is 144 cm³/mol. The number of carbonyl (C=O) groups excluding carboxylic acids is 1. The second-order valence-corrected chi connectivity index (χ2v) is 13.0. The highest BCUT2D eigenvalue weighted by atomic mass is 32.2. The summed E-state index contributed by atoms with van der Waals surface area (Å²) in [6, 6.07) is 9.59. The van der Waals surface area contributed by atoms with E-state index in [0.717, 1.165) is 12.8 Å². The average Bonchev–Trinajstić information content (AvgIpc) is 3.61. The monoisotopic (exact) mass is 561 g/mol. The van der Waals surface area contributed by atoms with Crippen molar-refractivity contribution in [2.75, 3.05) is 11.9 Å². The van der Waals surface area contributed by atoms with Crippen molar-refractivity contribution in [3.8, 4) is 5.88 Å². The van der Waals surface area contributed by atoms with Crippen LogP contribution in [0.25, 0.3) is 15.9 Å². The van der Waals surface area contributed by atoms with E-state index in [-0.39, 0.29) is 28.6 Å². The topological polar surface area (TPSA) is 98.2 Å². The summed E-state index contributed by atoms with van der Waals surface area (Å²) < 4.78 is 58.6. The zero-order chi connectivity index (χ0) is 26.9. The van der Waals surface area contributed by atoms with Crippen LogP contribution in [-0.2, 0) is 14.6 Å². The third-order valence-electron chi connectivity index (χ3n) is 6.75. The molecule has 2 heterocycles. The minimum absolute atomic E-state index is 0.0159. The lowest BCUT2D eigenvalue weighted by atomic mass is 9.98. The standard InChI is InChI=1S/C27H29F2N3O4S2/c1-2-3-12-36-24-11-10-23-26(31-24)37-27(30-23)32-25(33)20(13-16-14-21(28)22(29)15-16)17-4-6-18(7-5-17)38(34,35)19-8-9-19/h4-7,10-11,13,16,19,21-22H,2-3,8-9,12,14-15H2,1H3,(H,30,32,33)/b20-13+/t16-,21+,22-. The molecule has 3 atom stereocenters.